The molecule has 0 aliphatic rings. The molecule has 9 heteroatoms. The molecule has 3 rings (SSSR count). The molecule has 0 spiro atoms. The van der Waals surface area contributed by atoms with E-state index in [0.717, 1.165) is 0 Å². The summed E-state index contributed by atoms with van der Waals surface area (Å²) in [5.74, 6) is -0.847. The number of rotatable bonds is 5. The van der Waals surface area contributed by atoms with Crippen LogP contribution in [0.25, 0.3) is 10.2 Å². The Labute approximate surface area is 150 Å². The molecule has 3 aromatic rings. The van der Waals surface area contributed by atoms with Gasteiger partial charge in [-0.25, -0.2) is 9.37 Å². The largest absolute Gasteiger partial charge is 0.323 e. The summed E-state index contributed by atoms with van der Waals surface area (Å²) in [7, 11) is 0. The third-order valence-electron chi connectivity index (χ3n) is 3.34. The lowest BCUT2D eigenvalue weighted by atomic mass is 10.3. The van der Waals surface area contributed by atoms with Crippen molar-refractivity contribution in [2.45, 2.75) is 16.5 Å². The number of hydrogen-bond acceptors (Lipinski definition) is 6. The highest BCUT2D eigenvalue weighted by molar-refractivity contribution is 8.02. The Morgan fingerprint density at radius 2 is 2.12 bits per heavy atom. The lowest BCUT2D eigenvalue weighted by Crippen LogP contribution is -2.22. The molecule has 0 saturated carbocycles. The van der Waals surface area contributed by atoms with Crippen molar-refractivity contribution in [1.29, 1.82) is 0 Å². The molecule has 25 heavy (non-hydrogen) atoms. The first-order valence-electron chi connectivity index (χ1n) is 7.21. The molecule has 0 fully saturated rings. The van der Waals surface area contributed by atoms with Gasteiger partial charge in [0.1, 0.15) is 5.82 Å². The number of anilines is 1. The number of halogens is 1. The maximum absolute atomic E-state index is 13.6. The van der Waals surface area contributed by atoms with Gasteiger partial charge in [-0.15, -0.1) is 11.3 Å². The van der Waals surface area contributed by atoms with Gasteiger partial charge in [0, 0.05) is 12.1 Å². The molecule has 6 nitrogen and oxygen atoms in total. The van der Waals surface area contributed by atoms with E-state index in [1.165, 1.54) is 47.4 Å². The van der Waals surface area contributed by atoms with Crippen molar-refractivity contribution in [3.63, 3.8) is 0 Å². The molecular formula is C16H12FN3O3S2. The molecule has 1 amide bonds. The van der Waals surface area contributed by atoms with Crippen molar-refractivity contribution in [2.75, 3.05) is 5.32 Å². The van der Waals surface area contributed by atoms with Crippen molar-refractivity contribution in [3.8, 4) is 0 Å². The van der Waals surface area contributed by atoms with Crippen LogP contribution in [0.1, 0.15) is 6.92 Å². The molecule has 1 heterocycles. The van der Waals surface area contributed by atoms with Crippen LogP contribution in [0.3, 0.4) is 0 Å². The average Bonchev–Trinajstić information content (AvgIpc) is 2.98. The van der Waals surface area contributed by atoms with Gasteiger partial charge in [0.05, 0.1) is 26.1 Å². The molecule has 0 bridgehead atoms. The van der Waals surface area contributed by atoms with Gasteiger partial charge >= 0.3 is 0 Å². The molecule has 0 aliphatic carbocycles. The number of nitro groups is 1. The van der Waals surface area contributed by atoms with E-state index >= 15 is 0 Å². The van der Waals surface area contributed by atoms with Crippen LogP contribution in [-0.2, 0) is 4.79 Å². The molecule has 1 N–H and O–H groups in total. The van der Waals surface area contributed by atoms with Crippen molar-refractivity contribution in [1.82, 2.24) is 4.98 Å². The van der Waals surface area contributed by atoms with Crippen LogP contribution in [0, 0.1) is 15.9 Å². The summed E-state index contributed by atoms with van der Waals surface area (Å²) in [5.41, 5.74) is 0.762. The number of aromatic nitrogens is 1. The van der Waals surface area contributed by atoms with Crippen molar-refractivity contribution < 1.29 is 14.1 Å². The monoisotopic (exact) mass is 377 g/mol. The number of thioether (sulfide) groups is 1. The second kappa shape index (κ2) is 7.16. The highest BCUT2D eigenvalue weighted by Crippen LogP contribution is 2.34. The first-order chi connectivity index (χ1) is 11.9. The zero-order valence-corrected chi connectivity index (χ0v) is 14.6. The molecule has 2 aromatic carbocycles. The third kappa shape index (κ3) is 3.94. The number of hydrogen-bond donors (Lipinski definition) is 1. The normalized spacial score (nSPS) is 12.1. The lowest BCUT2D eigenvalue weighted by Gasteiger charge is -2.10. The number of para-hydroxylation sites is 1. The summed E-state index contributed by atoms with van der Waals surface area (Å²) < 4.78 is 14.9. The number of nitrogens with zero attached hydrogens (tertiary/aromatic N) is 2. The fourth-order valence-corrected chi connectivity index (χ4v) is 4.30. The summed E-state index contributed by atoms with van der Waals surface area (Å²) in [6, 6.07) is 10.4. The molecule has 0 radical (unpaired) electrons. The smallest absolute Gasteiger partial charge is 0.270 e. The fourth-order valence-electron chi connectivity index (χ4n) is 2.06. The third-order valence-corrected chi connectivity index (χ3v) is 5.55. The fraction of sp³-hybridized carbons (Fsp3) is 0.125. The highest BCUT2D eigenvalue weighted by Gasteiger charge is 2.19. The highest BCUT2D eigenvalue weighted by atomic mass is 32.2. The van der Waals surface area contributed by atoms with E-state index in [1.54, 1.807) is 25.1 Å². The zero-order chi connectivity index (χ0) is 18.0. The Bertz CT molecular complexity index is 961. The van der Waals surface area contributed by atoms with Crippen molar-refractivity contribution in [3.05, 3.63) is 58.4 Å². The molecule has 1 aromatic heterocycles. The SMILES string of the molecule is C[C@H](Sc1nc2ccc([N+](=O)[O-])cc2s1)C(=O)Nc1ccccc1F. The van der Waals surface area contributed by atoms with Crippen LogP contribution in [-0.4, -0.2) is 21.1 Å². The van der Waals surface area contributed by atoms with E-state index in [-0.39, 0.29) is 17.3 Å². The Hall–Kier alpha value is -2.52. The standard InChI is InChI=1S/C16H12FN3O3S2/c1-9(15(21)18-12-5-3-2-4-11(12)17)24-16-19-13-7-6-10(20(22)23)8-14(13)25-16/h2-9H,1H3,(H,18,21)/t9-/m0/s1. The minimum atomic E-state index is -0.504. The van der Waals surface area contributed by atoms with Crippen LogP contribution in [0.5, 0.6) is 0 Å². The summed E-state index contributed by atoms with van der Waals surface area (Å²) in [5, 5.41) is 12.9. The number of fused-ring (bicyclic) bond motifs is 1. The topological polar surface area (TPSA) is 85.1 Å². The summed E-state index contributed by atoms with van der Waals surface area (Å²) in [4.78, 5) is 26.9. The van der Waals surface area contributed by atoms with Gasteiger partial charge in [-0.3, -0.25) is 14.9 Å². The number of nitro benzene ring substituents is 1. The molecule has 0 saturated heterocycles. The number of amides is 1. The molecule has 0 unspecified atom stereocenters. The van der Waals surface area contributed by atoms with Gasteiger partial charge in [-0.2, -0.15) is 0 Å². The van der Waals surface area contributed by atoms with Gasteiger partial charge in [0.25, 0.3) is 5.69 Å². The molecule has 1 atom stereocenters. The Morgan fingerprint density at radius 1 is 1.36 bits per heavy atom. The van der Waals surface area contributed by atoms with E-state index < -0.39 is 16.0 Å². The predicted octanol–water partition coefficient (Wildman–Crippen LogP) is 4.46. The molecule has 128 valence electrons. The number of carbonyl (C=O) groups excluding carboxylic acids is 1. The van der Waals surface area contributed by atoms with Gasteiger partial charge in [0.2, 0.25) is 5.91 Å². The second-order valence-electron chi connectivity index (χ2n) is 5.12. The van der Waals surface area contributed by atoms with Gasteiger partial charge in [-0.05, 0) is 25.1 Å². The summed E-state index contributed by atoms with van der Waals surface area (Å²) >= 11 is 2.50. The van der Waals surface area contributed by atoms with Gasteiger partial charge in [-0.1, -0.05) is 23.9 Å². The Balaban J connectivity index is 1.73. The van der Waals surface area contributed by atoms with E-state index in [9.17, 15) is 19.3 Å². The Kier molecular flexibility index (Phi) is 4.95. The van der Waals surface area contributed by atoms with E-state index in [0.29, 0.717) is 14.6 Å². The van der Waals surface area contributed by atoms with Crippen LogP contribution in [0.15, 0.2) is 46.8 Å². The molecule has 0 aliphatic heterocycles. The Morgan fingerprint density at radius 3 is 2.84 bits per heavy atom. The van der Waals surface area contributed by atoms with Gasteiger partial charge < -0.3 is 5.32 Å². The number of thiazole rings is 1. The number of carbonyl (C=O) groups is 1. The average molecular weight is 377 g/mol. The second-order valence-corrected chi connectivity index (χ2v) is 7.74. The van der Waals surface area contributed by atoms with Crippen molar-refractivity contribution in [2.24, 2.45) is 0 Å². The number of nitrogens with one attached hydrogen (secondary N) is 1. The minimum absolute atomic E-state index is 0.00181. The van der Waals surface area contributed by atoms with Crippen LogP contribution >= 0.6 is 23.1 Å². The maximum Gasteiger partial charge on any atom is 0.270 e. The quantitative estimate of drug-likeness (QED) is 0.403. The van der Waals surface area contributed by atoms with E-state index in [1.807, 2.05) is 0 Å². The van der Waals surface area contributed by atoms with Crippen LogP contribution < -0.4 is 5.32 Å². The first kappa shape index (κ1) is 17.3. The van der Waals surface area contributed by atoms with Crippen molar-refractivity contribution >= 4 is 50.6 Å². The lowest BCUT2D eigenvalue weighted by molar-refractivity contribution is -0.384. The predicted molar refractivity (Wildman–Crippen MR) is 96.6 cm³/mol. The van der Waals surface area contributed by atoms with Crippen LogP contribution in [0.2, 0.25) is 0 Å². The molecular weight excluding hydrogens is 365 g/mol. The van der Waals surface area contributed by atoms with E-state index in [2.05, 4.69) is 10.3 Å². The maximum atomic E-state index is 13.6. The summed E-state index contributed by atoms with van der Waals surface area (Å²) in [6.45, 7) is 1.69. The van der Waals surface area contributed by atoms with E-state index in [4.69, 9.17) is 0 Å². The number of non-ortho nitro benzene ring substituents is 1. The van der Waals surface area contributed by atoms with Gasteiger partial charge in [0.15, 0.2) is 4.34 Å². The summed E-state index contributed by atoms with van der Waals surface area (Å²) in [6.07, 6.45) is 0. The first-order valence-corrected chi connectivity index (χ1v) is 8.90. The number of benzene rings is 2. The van der Waals surface area contributed by atoms with Crippen LogP contribution in [0.4, 0.5) is 15.8 Å². The zero-order valence-electron chi connectivity index (χ0n) is 12.9. The minimum Gasteiger partial charge on any atom is -0.323 e.